The van der Waals surface area contributed by atoms with Gasteiger partial charge in [0, 0.05) is 35.5 Å². The van der Waals surface area contributed by atoms with Gasteiger partial charge in [0.05, 0.1) is 31.4 Å². The molecule has 168 valence electrons. The highest BCUT2D eigenvalue weighted by atomic mass is 35.5. The number of nitrogens with one attached hydrogen (secondary N) is 1. The van der Waals surface area contributed by atoms with Gasteiger partial charge in [0.2, 0.25) is 5.91 Å². The van der Waals surface area contributed by atoms with Gasteiger partial charge in [0.25, 0.3) is 5.69 Å². The van der Waals surface area contributed by atoms with E-state index in [9.17, 15) is 14.9 Å². The molecule has 0 spiro atoms. The number of aryl methyl sites for hydroxylation is 1. The molecule has 32 heavy (non-hydrogen) atoms. The second-order valence-electron chi connectivity index (χ2n) is 6.82. The number of oxazole rings is 1. The Bertz CT molecular complexity index is 1100. The van der Waals surface area contributed by atoms with Crippen molar-refractivity contribution in [3.05, 3.63) is 69.2 Å². The first kappa shape index (κ1) is 23.1. The second kappa shape index (κ2) is 10.6. The van der Waals surface area contributed by atoms with Crippen molar-refractivity contribution in [1.29, 1.82) is 0 Å². The molecular formula is C22H22ClN3O6. The number of ether oxygens (including phenoxy) is 2. The van der Waals surface area contributed by atoms with Crippen LogP contribution in [0.4, 0.5) is 5.69 Å². The van der Waals surface area contributed by atoms with Gasteiger partial charge in [-0.1, -0.05) is 11.6 Å². The maximum Gasteiger partial charge on any atom is 0.276 e. The average molecular weight is 460 g/mol. The van der Waals surface area contributed by atoms with Crippen molar-refractivity contribution in [3.8, 4) is 22.8 Å². The number of nitro groups is 1. The third-order valence-corrected chi connectivity index (χ3v) is 5.00. The van der Waals surface area contributed by atoms with Gasteiger partial charge in [-0.2, -0.15) is 0 Å². The Morgan fingerprint density at radius 3 is 2.50 bits per heavy atom. The number of nitro benzene ring substituents is 1. The third-order valence-electron chi connectivity index (χ3n) is 4.75. The summed E-state index contributed by atoms with van der Waals surface area (Å²) < 4.78 is 16.0. The Morgan fingerprint density at radius 1 is 1.16 bits per heavy atom. The number of methoxy groups -OCH3 is 2. The van der Waals surface area contributed by atoms with E-state index in [0.29, 0.717) is 34.4 Å². The highest BCUT2D eigenvalue weighted by Gasteiger charge is 2.19. The van der Waals surface area contributed by atoms with Crippen molar-refractivity contribution in [3.63, 3.8) is 0 Å². The van der Waals surface area contributed by atoms with Crippen LogP contribution in [0.2, 0.25) is 5.02 Å². The highest BCUT2D eigenvalue weighted by Crippen LogP contribution is 2.34. The van der Waals surface area contributed by atoms with Crippen LogP contribution in [0.1, 0.15) is 17.9 Å². The predicted molar refractivity (Wildman–Crippen MR) is 118 cm³/mol. The van der Waals surface area contributed by atoms with Gasteiger partial charge in [0.1, 0.15) is 0 Å². The minimum Gasteiger partial charge on any atom is -0.493 e. The van der Waals surface area contributed by atoms with Gasteiger partial charge in [-0.05, 0) is 36.8 Å². The molecule has 0 bridgehead atoms. The van der Waals surface area contributed by atoms with Crippen molar-refractivity contribution in [2.24, 2.45) is 0 Å². The van der Waals surface area contributed by atoms with Crippen LogP contribution in [0.5, 0.6) is 11.5 Å². The molecule has 3 rings (SSSR count). The fourth-order valence-electron chi connectivity index (χ4n) is 3.10. The molecule has 2 aromatic carbocycles. The summed E-state index contributed by atoms with van der Waals surface area (Å²) in [5, 5.41) is 14.8. The molecule has 0 unspecified atom stereocenters. The minimum atomic E-state index is -0.486. The normalized spacial score (nSPS) is 10.6. The molecule has 0 aliphatic carbocycles. The lowest BCUT2D eigenvalue weighted by Gasteiger charge is -2.11. The first-order valence-corrected chi connectivity index (χ1v) is 10.2. The van der Waals surface area contributed by atoms with Crippen LogP contribution in [-0.2, 0) is 17.6 Å². The summed E-state index contributed by atoms with van der Waals surface area (Å²) in [6, 6.07) is 10.0. The molecule has 3 aromatic rings. The van der Waals surface area contributed by atoms with E-state index < -0.39 is 4.92 Å². The lowest BCUT2D eigenvalue weighted by atomic mass is 10.1. The molecule has 1 aromatic heterocycles. The molecule has 0 fully saturated rings. The van der Waals surface area contributed by atoms with Crippen molar-refractivity contribution in [2.75, 3.05) is 20.8 Å². The molecule has 1 amide bonds. The van der Waals surface area contributed by atoms with Gasteiger partial charge in [-0.25, -0.2) is 4.98 Å². The van der Waals surface area contributed by atoms with Gasteiger partial charge < -0.3 is 19.2 Å². The average Bonchev–Trinajstić information content (AvgIpc) is 3.26. The van der Waals surface area contributed by atoms with Gasteiger partial charge in [0.15, 0.2) is 23.1 Å². The number of rotatable bonds is 10. The number of hydrogen-bond donors (Lipinski definition) is 1. The summed E-state index contributed by atoms with van der Waals surface area (Å²) in [6.45, 7) is 0.233. The largest absolute Gasteiger partial charge is 0.493 e. The fraction of sp³-hybridized carbons (Fsp3) is 0.273. The van der Waals surface area contributed by atoms with Crippen molar-refractivity contribution in [2.45, 2.75) is 19.3 Å². The summed E-state index contributed by atoms with van der Waals surface area (Å²) in [7, 11) is 2.87. The van der Waals surface area contributed by atoms with E-state index in [1.54, 1.807) is 24.4 Å². The maximum atomic E-state index is 12.2. The molecule has 0 aliphatic heterocycles. The van der Waals surface area contributed by atoms with Gasteiger partial charge >= 0.3 is 0 Å². The number of benzene rings is 2. The Labute approximate surface area is 189 Å². The van der Waals surface area contributed by atoms with Crippen LogP contribution < -0.4 is 14.8 Å². The number of nitrogens with zero attached hydrogens (tertiary/aromatic N) is 2. The van der Waals surface area contributed by atoms with E-state index in [0.717, 1.165) is 5.56 Å². The van der Waals surface area contributed by atoms with Crippen LogP contribution in [0.25, 0.3) is 11.3 Å². The predicted octanol–water partition coefficient (Wildman–Crippen LogP) is 4.21. The van der Waals surface area contributed by atoms with E-state index in [1.807, 2.05) is 12.1 Å². The van der Waals surface area contributed by atoms with Crippen molar-refractivity contribution in [1.82, 2.24) is 10.3 Å². The topological polar surface area (TPSA) is 117 Å². The number of carbonyl (C=O) groups is 1. The van der Waals surface area contributed by atoms with Crippen molar-refractivity contribution >= 4 is 23.2 Å². The Hall–Kier alpha value is -3.59. The smallest absolute Gasteiger partial charge is 0.276 e. The molecule has 0 saturated heterocycles. The lowest BCUT2D eigenvalue weighted by Crippen LogP contribution is -2.26. The summed E-state index contributed by atoms with van der Waals surface area (Å²) >= 11 is 5.89. The van der Waals surface area contributed by atoms with E-state index in [-0.39, 0.29) is 36.7 Å². The molecule has 0 saturated carbocycles. The monoisotopic (exact) mass is 459 g/mol. The Kier molecular flexibility index (Phi) is 7.67. The van der Waals surface area contributed by atoms with E-state index in [1.165, 1.54) is 20.3 Å². The zero-order chi connectivity index (χ0) is 23.1. The number of hydrogen-bond acceptors (Lipinski definition) is 7. The summed E-state index contributed by atoms with van der Waals surface area (Å²) in [4.78, 5) is 27.3. The third kappa shape index (κ3) is 5.76. The van der Waals surface area contributed by atoms with Crippen LogP contribution in [0.3, 0.4) is 0 Å². The number of carbonyl (C=O) groups excluding carboxylic acids is 1. The first-order valence-electron chi connectivity index (χ1n) is 9.78. The quantitative estimate of drug-likeness (QED) is 0.356. The minimum absolute atomic E-state index is 0.0913. The number of halogens is 1. The molecule has 0 atom stereocenters. The van der Waals surface area contributed by atoms with Gasteiger partial charge in [-0.3, -0.25) is 14.9 Å². The fourth-order valence-corrected chi connectivity index (χ4v) is 3.23. The molecule has 1 heterocycles. The van der Waals surface area contributed by atoms with E-state index in [4.69, 9.17) is 25.5 Å². The maximum absolute atomic E-state index is 12.2. The number of aromatic nitrogens is 1. The first-order chi connectivity index (χ1) is 15.4. The van der Waals surface area contributed by atoms with Crippen molar-refractivity contribution < 1.29 is 23.6 Å². The molecular weight excluding hydrogens is 438 g/mol. The highest BCUT2D eigenvalue weighted by molar-refractivity contribution is 6.30. The lowest BCUT2D eigenvalue weighted by molar-refractivity contribution is -0.385. The SMILES string of the molecule is COc1cc(CCNC(=O)CCc2ncc(-c3ccc(Cl)cc3)o2)c([N+](=O)[O-])cc1OC. The second-order valence-corrected chi connectivity index (χ2v) is 7.25. The molecule has 1 N–H and O–H groups in total. The van der Waals surface area contributed by atoms with E-state index >= 15 is 0 Å². The summed E-state index contributed by atoms with van der Waals surface area (Å²) in [5.74, 6) is 1.49. The Morgan fingerprint density at radius 2 is 1.84 bits per heavy atom. The molecule has 9 nitrogen and oxygen atoms in total. The molecule has 0 aliphatic rings. The van der Waals surface area contributed by atoms with Crippen LogP contribution >= 0.6 is 11.6 Å². The van der Waals surface area contributed by atoms with E-state index in [2.05, 4.69) is 10.3 Å². The van der Waals surface area contributed by atoms with Crippen LogP contribution in [0.15, 0.2) is 47.0 Å². The zero-order valence-corrected chi connectivity index (χ0v) is 18.3. The molecule has 0 radical (unpaired) electrons. The summed E-state index contributed by atoms with van der Waals surface area (Å²) in [5.41, 5.74) is 1.19. The standard InChI is InChI=1S/C22H22ClN3O6/c1-30-18-11-15(17(26(28)29)12-19(18)31-2)9-10-24-21(27)7-8-22-25-13-20(32-22)14-3-5-16(23)6-4-14/h3-6,11-13H,7-10H2,1-2H3,(H,24,27). The van der Waals surface area contributed by atoms with Gasteiger partial charge in [-0.15, -0.1) is 0 Å². The zero-order valence-electron chi connectivity index (χ0n) is 17.6. The van der Waals surface area contributed by atoms with Crippen LogP contribution in [0, 0.1) is 10.1 Å². The van der Waals surface area contributed by atoms with Crippen LogP contribution in [-0.4, -0.2) is 36.6 Å². The molecule has 10 heteroatoms. The Balaban J connectivity index is 1.53. The number of amides is 1. The summed E-state index contributed by atoms with van der Waals surface area (Å²) in [6.07, 6.45) is 2.37.